The fourth-order valence-corrected chi connectivity index (χ4v) is 3.06. The summed E-state index contributed by atoms with van der Waals surface area (Å²) in [5.74, 6) is 0.292. The van der Waals surface area contributed by atoms with Gasteiger partial charge >= 0.3 is 5.97 Å². The molecule has 0 aliphatic carbocycles. The zero-order valence-electron chi connectivity index (χ0n) is 17.0. The minimum atomic E-state index is -0.626. The molecule has 0 saturated carbocycles. The van der Waals surface area contributed by atoms with Gasteiger partial charge in [-0.05, 0) is 49.4 Å². The molecule has 8 heteroatoms. The van der Waals surface area contributed by atoms with Crippen molar-refractivity contribution in [3.8, 4) is 11.5 Å². The highest BCUT2D eigenvalue weighted by Gasteiger charge is 2.14. The molecule has 0 bridgehead atoms. The number of carbonyl (C=O) groups excluding carboxylic acids is 2. The molecule has 0 aliphatic heterocycles. The van der Waals surface area contributed by atoms with Crippen molar-refractivity contribution in [2.24, 2.45) is 7.05 Å². The normalized spacial score (nSPS) is 10.6. The quantitative estimate of drug-likeness (QED) is 0.480. The summed E-state index contributed by atoms with van der Waals surface area (Å²) in [7, 11) is 1.78. The third-order valence-corrected chi connectivity index (χ3v) is 4.55. The van der Waals surface area contributed by atoms with Crippen LogP contribution in [0.2, 0.25) is 0 Å². The molecule has 0 fully saturated rings. The first-order chi connectivity index (χ1) is 15.0. The van der Waals surface area contributed by atoms with Crippen molar-refractivity contribution >= 4 is 28.6 Å². The van der Waals surface area contributed by atoms with Gasteiger partial charge in [0, 0.05) is 24.3 Å². The Kier molecular flexibility index (Phi) is 5.61. The predicted molar refractivity (Wildman–Crippen MR) is 115 cm³/mol. The van der Waals surface area contributed by atoms with Crippen LogP contribution in [0.25, 0.3) is 11.0 Å². The number of ether oxygens (including phenoxy) is 2. The number of aromatic nitrogens is 3. The summed E-state index contributed by atoms with van der Waals surface area (Å²) in [6, 6.07) is 18.0. The SMILES string of the molecule is Cc1nn(C)c2ncc(C(=O)OCC(=O)Nc3ccc(Oc4ccccc4)cc3)cc12. The van der Waals surface area contributed by atoms with Crippen molar-refractivity contribution in [1.82, 2.24) is 14.8 Å². The number of pyridine rings is 1. The van der Waals surface area contributed by atoms with Gasteiger partial charge in [0.25, 0.3) is 5.91 Å². The Morgan fingerprint density at radius 2 is 1.74 bits per heavy atom. The number of benzene rings is 2. The minimum absolute atomic E-state index is 0.263. The fourth-order valence-electron chi connectivity index (χ4n) is 3.06. The number of rotatable bonds is 6. The maximum absolute atomic E-state index is 12.3. The lowest BCUT2D eigenvalue weighted by Gasteiger charge is -2.09. The van der Waals surface area contributed by atoms with Crippen LogP contribution in [0.3, 0.4) is 0 Å². The average Bonchev–Trinajstić information content (AvgIpc) is 3.07. The van der Waals surface area contributed by atoms with Crippen LogP contribution in [-0.4, -0.2) is 33.2 Å². The summed E-state index contributed by atoms with van der Waals surface area (Å²) in [6.07, 6.45) is 1.41. The van der Waals surface area contributed by atoms with Crippen LogP contribution < -0.4 is 10.1 Å². The fraction of sp³-hybridized carbons (Fsp3) is 0.130. The average molecular weight is 416 g/mol. The molecule has 0 aliphatic rings. The number of hydrogen-bond donors (Lipinski definition) is 1. The van der Waals surface area contributed by atoms with E-state index >= 15 is 0 Å². The van der Waals surface area contributed by atoms with Gasteiger partial charge in [-0.3, -0.25) is 9.48 Å². The molecule has 0 spiro atoms. The van der Waals surface area contributed by atoms with Gasteiger partial charge in [-0.1, -0.05) is 18.2 Å². The van der Waals surface area contributed by atoms with Crippen molar-refractivity contribution in [2.75, 3.05) is 11.9 Å². The Balaban J connectivity index is 1.31. The molecule has 0 saturated heterocycles. The predicted octanol–water partition coefficient (Wildman–Crippen LogP) is 3.86. The van der Waals surface area contributed by atoms with E-state index in [1.807, 2.05) is 37.3 Å². The minimum Gasteiger partial charge on any atom is -0.457 e. The van der Waals surface area contributed by atoms with E-state index in [0.29, 0.717) is 17.1 Å². The Hall–Kier alpha value is -4.20. The second kappa shape index (κ2) is 8.66. The van der Waals surface area contributed by atoms with E-state index in [1.54, 1.807) is 42.1 Å². The summed E-state index contributed by atoms with van der Waals surface area (Å²) in [4.78, 5) is 28.7. The van der Waals surface area contributed by atoms with Crippen molar-refractivity contribution < 1.29 is 19.1 Å². The molecule has 31 heavy (non-hydrogen) atoms. The summed E-state index contributed by atoms with van der Waals surface area (Å²) < 4.78 is 12.5. The highest BCUT2D eigenvalue weighted by molar-refractivity contribution is 5.97. The molecule has 156 valence electrons. The van der Waals surface area contributed by atoms with Gasteiger partial charge in [0.05, 0.1) is 11.3 Å². The molecule has 2 aromatic heterocycles. The van der Waals surface area contributed by atoms with Crippen LogP contribution in [-0.2, 0) is 16.6 Å². The van der Waals surface area contributed by atoms with E-state index in [2.05, 4.69) is 15.4 Å². The molecule has 1 amide bonds. The lowest BCUT2D eigenvalue weighted by molar-refractivity contribution is -0.119. The van der Waals surface area contributed by atoms with Gasteiger partial charge in [0.2, 0.25) is 0 Å². The van der Waals surface area contributed by atoms with Gasteiger partial charge < -0.3 is 14.8 Å². The first kappa shape index (κ1) is 20.1. The van der Waals surface area contributed by atoms with Crippen LogP contribution in [0.15, 0.2) is 66.9 Å². The van der Waals surface area contributed by atoms with Gasteiger partial charge in [0.1, 0.15) is 11.5 Å². The number of aryl methyl sites for hydroxylation is 2. The van der Waals surface area contributed by atoms with Gasteiger partial charge in [-0.15, -0.1) is 0 Å². The number of esters is 1. The zero-order valence-corrected chi connectivity index (χ0v) is 17.0. The monoisotopic (exact) mass is 416 g/mol. The lowest BCUT2D eigenvalue weighted by Crippen LogP contribution is -2.21. The maximum atomic E-state index is 12.3. The Labute approximate surface area is 178 Å². The molecule has 4 rings (SSSR count). The van der Waals surface area contributed by atoms with E-state index in [1.165, 1.54) is 6.20 Å². The molecule has 8 nitrogen and oxygen atoms in total. The number of nitrogens with one attached hydrogen (secondary N) is 1. The zero-order chi connectivity index (χ0) is 21.8. The second-order valence-electron chi connectivity index (χ2n) is 6.87. The van der Waals surface area contributed by atoms with Crippen molar-refractivity contribution in [2.45, 2.75) is 6.92 Å². The third kappa shape index (κ3) is 4.69. The van der Waals surface area contributed by atoms with Crippen molar-refractivity contribution in [3.05, 3.63) is 78.1 Å². The van der Waals surface area contributed by atoms with E-state index in [-0.39, 0.29) is 5.56 Å². The van der Waals surface area contributed by atoms with E-state index in [9.17, 15) is 9.59 Å². The topological polar surface area (TPSA) is 95.3 Å². The number of amides is 1. The van der Waals surface area contributed by atoms with E-state index in [4.69, 9.17) is 9.47 Å². The summed E-state index contributed by atoms with van der Waals surface area (Å²) >= 11 is 0. The van der Waals surface area contributed by atoms with Crippen LogP contribution in [0, 0.1) is 6.92 Å². The molecular formula is C23H20N4O4. The Morgan fingerprint density at radius 3 is 2.48 bits per heavy atom. The molecule has 2 heterocycles. The lowest BCUT2D eigenvalue weighted by atomic mass is 10.2. The largest absolute Gasteiger partial charge is 0.457 e. The van der Waals surface area contributed by atoms with Crippen LogP contribution in [0.1, 0.15) is 16.1 Å². The summed E-state index contributed by atoms with van der Waals surface area (Å²) in [6.45, 7) is 1.42. The maximum Gasteiger partial charge on any atom is 0.340 e. The molecule has 0 radical (unpaired) electrons. The van der Waals surface area contributed by atoms with Crippen LogP contribution in [0.5, 0.6) is 11.5 Å². The van der Waals surface area contributed by atoms with E-state index in [0.717, 1.165) is 16.8 Å². The number of nitrogens with zero attached hydrogens (tertiary/aromatic N) is 3. The number of para-hydroxylation sites is 1. The number of carbonyl (C=O) groups is 2. The number of fused-ring (bicyclic) bond motifs is 1. The Bertz CT molecular complexity index is 1230. The molecule has 1 N–H and O–H groups in total. The molecule has 0 atom stereocenters. The van der Waals surface area contributed by atoms with Gasteiger partial charge in [0.15, 0.2) is 12.3 Å². The molecular weight excluding hydrogens is 396 g/mol. The van der Waals surface area contributed by atoms with Crippen LogP contribution >= 0.6 is 0 Å². The second-order valence-corrected chi connectivity index (χ2v) is 6.87. The standard InChI is InChI=1S/C23H20N4O4/c1-15-20-12-16(13-24-22(20)27(2)26-15)23(29)30-14-21(28)25-17-8-10-19(11-9-17)31-18-6-4-3-5-7-18/h3-13H,14H2,1-2H3,(H,25,28). The van der Waals surface area contributed by atoms with Crippen LogP contribution in [0.4, 0.5) is 5.69 Å². The summed E-state index contributed by atoms with van der Waals surface area (Å²) in [5, 5.41) is 7.71. The molecule has 4 aromatic rings. The summed E-state index contributed by atoms with van der Waals surface area (Å²) in [5.41, 5.74) is 2.26. The Morgan fingerprint density at radius 1 is 1.03 bits per heavy atom. The van der Waals surface area contributed by atoms with E-state index < -0.39 is 18.5 Å². The van der Waals surface area contributed by atoms with Crippen molar-refractivity contribution in [1.29, 1.82) is 0 Å². The first-order valence-corrected chi connectivity index (χ1v) is 9.59. The highest BCUT2D eigenvalue weighted by Crippen LogP contribution is 2.22. The molecule has 0 unspecified atom stereocenters. The highest BCUT2D eigenvalue weighted by atomic mass is 16.5. The van der Waals surface area contributed by atoms with Crippen molar-refractivity contribution in [3.63, 3.8) is 0 Å². The third-order valence-electron chi connectivity index (χ3n) is 4.55. The first-order valence-electron chi connectivity index (χ1n) is 9.59. The van der Waals surface area contributed by atoms with Gasteiger partial charge in [-0.25, -0.2) is 9.78 Å². The molecule has 2 aromatic carbocycles. The number of anilines is 1. The smallest absolute Gasteiger partial charge is 0.340 e. The number of hydrogen-bond acceptors (Lipinski definition) is 6. The van der Waals surface area contributed by atoms with Gasteiger partial charge in [-0.2, -0.15) is 5.10 Å².